The highest BCUT2D eigenvalue weighted by Gasteiger charge is 2.31. The van der Waals surface area contributed by atoms with Crippen LogP contribution in [0.25, 0.3) is 0 Å². The smallest absolute Gasteiger partial charge is 0.372 e. The molecule has 15 heavy (non-hydrogen) atoms. The van der Waals surface area contributed by atoms with E-state index in [2.05, 4.69) is 4.74 Å². The highest BCUT2D eigenvalue weighted by molar-refractivity contribution is 5.79. The van der Waals surface area contributed by atoms with E-state index in [0.29, 0.717) is 0 Å². The van der Waals surface area contributed by atoms with Gasteiger partial charge in [-0.05, 0) is 0 Å². The second kappa shape index (κ2) is 5.34. The Morgan fingerprint density at radius 2 is 1.53 bits per heavy atom. The van der Waals surface area contributed by atoms with E-state index in [1.54, 1.807) is 0 Å². The molecule has 0 unspecified atom stereocenters. The molecule has 2 nitrogen and oxygen atoms in total. The van der Waals surface area contributed by atoms with Crippen molar-refractivity contribution in [1.29, 1.82) is 0 Å². The Bertz CT molecular complexity index is 207. The molecule has 0 atom stereocenters. The van der Waals surface area contributed by atoms with Crippen LogP contribution in [-0.2, 0) is 9.53 Å². The number of hydrogen-bond acceptors (Lipinski definition) is 2. The summed E-state index contributed by atoms with van der Waals surface area (Å²) in [4.78, 5) is 10.5. The molecular weight excluding hydrogens is 230 g/mol. The lowest BCUT2D eigenvalue weighted by Crippen LogP contribution is -2.20. The highest BCUT2D eigenvalue weighted by atomic mass is 19.4. The van der Waals surface area contributed by atoms with Gasteiger partial charge in [0.1, 0.15) is 18.8 Å². The summed E-state index contributed by atoms with van der Waals surface area (Å²) in [5.74, 6) is -1.19. The zero-order chi connectivity index (χ0) is 12.1. The van der Waals surface area contributed by atoms with Crippen molar-refractivity contribution >= 4 is 5.78 Å². The molecule has 0 fully saturated rings. The van der Waals surface area contributed by atoms with Gasteiger partial charge in [0, 0.05) is 6.42 Å². The van der Waals surface area contributed by atoms with Crippen LogP contribution in [0.4, 0.5) is 26.3 Å². The average molecular weight is 238 g/mol. The van der Waals surface area contributed by atoms with E-state index in [1.807, 2.05) is 0 Å². The fourth-order valence-corrected chi connectivity index (χ4v) is 0.686. The fraction of sp³-hybridized carbons (Fsp3) is 0.857. The maximum Gasteiger partial charge on any atom is 0.411 e. The van der Waals surface area contributed by atoms with Gasteiger partial charge in [-0.25, -0.2) is 0 Å². The molecule has 0 aliphatic heterocycles. The third kappa shape index (κ3) is 11.1. The number of halogens is 6. The SMILES string of the molecule is O=C(CCOCC(F)(F)F)CC(F)(F)F. The van der Waals surface area contributed by atoms with Gasteiger partial charge in [-0.3, -0.25) is 4.79 Å². The van der Waals surface area contributed by atoms with Gasteiger partial charge in [0.05, 0.1) is 6.61 Å². The Morgan fingerprint density at radius 3 is 1.93 bits per heavy atom. The second-order valence-corrected chi connectivity index (χ2v) is 2.75. The molecule has 0 aromatic heterocycles. The van der Waals surface area contributed by atoms with Crippen LogP contribution in [0.5, 0.6) is 0 Å². The number of Topliss-reactive ketones (excluding diaryl/α,β-unsaturated/α-hetero) is 1. The van der Waals surface area contributed by atoms with Gasteiger partial charge < -0.3 is 4.74 Å². The largest absolute Gasteiger partial charge is 0.411 e. The Morgan fingerprint density at radius 1 is 1.00 bits per heavy atom. The van der Waals surface area contributed by atoms with E-state index in [-0.39, 0.29) is 0 Å². The standard InChI is InChI=1S/C7H8F6O2/c8-6(9,10)3-5(14)1-2-15-4-7(11,12)13/h1-4H2. The summed E-state index contributed by atoms with van der Waals surface area (Å²) in [5, 5.41) is 0. The van der Waals surface area contributed by atoms with Crippen LogP contribution in [0.3, 0.4) is 0 Å². The summed E-state index contributed by atoms with van der Waals surface area (Å²) in [5.41, 5.74) is 0. The first-order valence-electron chi connectivity index (χ1n) is 3.83. The molecule has 0 N–H and O–H groups in total. The molecule has 0 bridgehead atoms. The van der Waals surface area contributed by atoms with Crippen molar-refractivity contribution in [3.8, 4) is 0 Å². The van der Waals surface area contributed by atoms with Crippen molar-refractivity contribution in [1.82, 2.24) is 0 Å². The van der Waals surface area contributed by atoms with Crippen molar-refractivity contribution in [2.45, 2.75) is 25.2 Å². The van der Waals surface area contributed by atoms with Crippen LogP contribution >= 0.6 is 0 Å². The minimum absolute atomic E-state index is 0.658. The topological polar surface area (TPSA) is 26.3 Å². The van der Waals surface area contributed by atoms with Crippen molar-refractivity contribution in [2.24, 2.45) is 0 Å². The third-order valence-electron chi connectivity index (χ3n) is 1.19. The van der Waals surface area contributed by atoms with Crippen LogP contribution in [0, 0.1) is 0 Å². The van der Waals surface area contributed by atoms with Crippen LogP contribution < -0.4 is 0 Å². The van der Waals surface area contributed by atoms with Gasteiger partial charge >= 0.3 is 12.4 Å². The fourth-order valence-electron chi connectivity index (χ4n) is 0.686. The summed E-state index contributed by atoms with van der Waals surface area (Å²) >= 11 is 0. The maximum absolute atomic E-state index is 11.6. The first-order valence-corrected chi connectivity index (χ1v) is 3.83. The molecule has 0 saturated carbocycles. The summed E-state index contributed by atoms with van der Waals surface area (Å²) in [7, 11) is 0. The molecule has 0 saturated heterocycles. The summed E-state index contributed by atoms with van der Waals surface area (Å²) in [6.45, 7) is -2.22. The molecule has 0 spiro atoms. The Kier molecular flexibility index (Phi) is 5.06. The average Bonchev–Trinajstić information content (AvgIpc) is 1.92. The van der Waals surface area contributed by atoms with Gasteiger partial charge in [0.25, 0.3) is 0 Å². The molecule has 0 rings (SSSR count). The minimum Gasteiger partial charge on any atom is -0.372 e. The number of ketones is 1. The minimum atomic E-state index is -4.62. The molecule has 0 aliphatic rings. The normalized spacial score (nSPS) is 12.9. The van der Waals surface area contributed by atoms with E-state index in [9.17, 15) is 31.1 Å². The third-order valence-corrected chi connectivity index (χ3v) is 1.19. The van der Waals surface area contributed by atoms with E-state index in [4.69, 9.17) is 0 Å². The van der Waals surface area contributed by atoms with Crippen LogP contribution in [0.1, 0.15) is 12.8 Å². The molecule has 0 amide bonds. The molecule has 0 heterocycles. The van der Waals surface area contributed by atoms with Gasteiger partial charge in [-0.2, -0.15) is 26.3 Å². The molecule has 0 aromatic rings. The summed E-state index contributed by atoms with van der Waals surface area (Å²) in [6.07, 6.45) is -11.5. The number of rotatable bonds is 5. The number of alkyl halides is 6. The van der Waals surface area contributed by atoms with Gasteiger partial charge in [0.15, 0.2) is 0 Å². The predicted molar refractivity (Wildman–Crippen MR) is 37.2 cm³/mol. The van der Waals surface area contributed by atoms with E-state index in [1.165, 1.54) is 0 Å². The number of ether oxygens (including phenoxy) is 1. The lowest BCUT2D eigenvalue weighted by atomic mass is 10.2. The molecule has 8 heteroatoms. The lowest BCUT2D eigenvalue weighted by Gasteiger charge is -2.08. The van der Waals surface area contributed by atoms with Crippen molar-refractivity contribution in [3.63, 3.8) is 0 Å². The Labute approximate surface area is 81.2 Å². The Hall–Kier alpha value is -0.790. The summed E-state index contributed by atoms with van der Waals surface area (Å²) < 4.78 is 73.0. The first kappa shape index (κ1) is 14.2. The molecular formula is C7H8F6O2. The maximum atomic E-state index is 11.6. The zero-order valence-corrected chi connectivity index (χ0v) is 7.41. The van der Waals surface area contributed by atoms with Crippen molar-refractivity contribution in [3.05, 3.63) is 0 Å². The molecule has 0 aliphatic carbocycles. The number of carbonyl (C=O) groups excluding carboxylic acids is 1. The summed E-state index contributed by atoms with van der Waals surface area (Å²) in [6, 6.07) is 0. The number of carbonyl (C=O) groups is 1. The quantitative estimate of drug-likeness (QED) is 0.543. The highest BCUT2D eigenvalue weighted by Crippen LogP contribution is 2.20. The van der Waals surface area contributed by atoms with E-state index < -0.39 is 44.2 Å². The van der Waals surface area contributed by atoms with Crippen LogP contribution in [0.15, 0.2) is 0 Å². The van der Waals surface area contributed by atoms with E-state index in [0.717, 1.165) is 0 Å². The van der Waals surface area contributed by atoms with E-state index >= 15 is 0 Å². The number of hydrogen-bond donors (Lipinski definition) is 0. The van der Waals surface area contributed by atoms with Crippen molar-refractivity contribution < 1.29 is 35.9 Å². The first-order chi connectivity index (χ1) is 6.60. The van der Waals surface area contributed by atoms with Crippen LogP contribution in [-0.4, -0.2) is 31.3 Å². The Balaban J connectivity index is 3.57. The van der Waals surface area contributed by atoms with Crippen LogP contribution in [0.2, 0.25) is 0 Å². The monoisotopic (exact) mass is 238 g/mol. The van der Waals surface area contributed by atoms with Gasteiger partial charge in [-0.1, -0.05) is 0 Å². The molecule has 0 aromatic carbocycles. The predicted octanol–water partition coefficient (Wildman–Crippen LogP) is 2.48. The van der Waals surface area contributed by atoms with Crippen molar-refractivity contribution in [2.75, 3.05) is 13.2 Å². The second-order valence-electron chi connectivity index (χ2n) is 2.75. The molecule has 0 radical (unpaired) electrons. The molecule has 90 valence electrons. The van der Waals surface area contributed by atoms with Gasteiger partial charge in [0.2, 0.25) is 0 Å². The zero-order valence-electron chi connectivity index (χ0n) is 7.41. The lowest BCUT2D eigenvalue weighted by molar-refractivity contribution is -0.176. The van der Waals surface area contributed by atoms with Gasteiger partial charge in [-0.15, -0.1) is 0 Å².